The van der Waals surface area contributed by atoms with Gasteiger partial charge in [0.25, 0.3) is 5.91 Å². The highest BCUT2D eigenvalue weighted by atomic mass is 35.5. The van der Waals surface area contributed by atoms with Crippen molar-refractivity contribution in [2.45, 2.75) is 18.9 Å². The summed E-state index contributed by atoms with van der Waals surface area (Å²) in [7, 11) is 0. The molecule has 1 aliphatic rings. The molecule has 9 nitrogen and oxygen atoms in total. The Labute approximate surface area is 169 Å². The molecule has 1 aliphatic heterocycles. The number of carbonyl (C=O) groups is 2. The lowest BCUT2D eigenvalue weighted by Gasteiger charge is -2.35. The first-order chi connectivity index (χ1) is 11.8. The fourth-order valence-corrected chi connectivity index (χ4v) is 2.65. The molecule has 1 heterocycles. The number of nitrogens with two attached hydrogens (primary N) is 2. The van der Waals surface area contributed by atoms with Gasteiger partial charge in [-0.2, -0.15) is 0 Å². The minimum atomic E-state index is -0.664. The Kier molecular flexibility index (Phi) is 10.2. The van der Waals surface area contributed by atoms with E-state index in [1.54, 1.807) is 4.90 Å². The summed E-state index contributed by atoms with van der Waals surface area (Å²) in [6, 6.07) is 2.01. The van der Waals surface area contributed by atoms with Crippen molar-refractivity contribution in [3.8, 4) is 17.2 Å². The Morgan fingerprint density at radius 3 is 1.96 bits per heavy atom. The zero-order valence-electron chi connectivity index (χ0n) is 14.7. The van der Waals surface area contributed by atoms with Crippen LogP contribution >= 0.6 is 24.8 Å². The van der Waals surface area contributed by atoms with E-state index in [0.29, 0.717) is 45.6 Å². The van der Waals surface area contributed by atoms with Gasteiger partial charge >= 0.3 is 0 Å². The molecule has 1 unspecified atom stereocenters. The van der Waals surface area contributed by atoms with Crippen LogP contribution < -0.4 is 11.5 Å². The summed E-state index contributed by atoms with van der Waals surface area (Å²) in [5, 5.41) is 28.4. The Hall–Kier alpha value is -1.94. The van der Waals surface area contributed by atoms with Crippen molar-refractivity contribution in [1.82, 2.24) is 9.80 Å². The van der Waals surface area contributed by atoms with E-state index >= 15 is 0 Å². The molecule has 27 heavy (non-hydrogen) atoms. The molecule has 154 valence electrons. The summed E-state index contributed by atoms with van der Waals surface area (Å²) in [5.41, 5.74) is 11.2. The number of piperazine rings is 1. The second-order valence-electron chi connectivity index (χ2n) is 6.07. The van der Waals surface area contributed by atoms with Crippen LogP contribution in [-0.4, -0.2) is 75.7 Å². The topological polar surface area (TPSA) is 153 Å². The lowest BCUT2D eigenvalue weighted by atomic mass is 10.1. The van der Waals surface area contributed by atoms with Crippen molar-refractivity contribution in [2.75, 3.05) is 32.7 Å². The SMILES string of the molecule is Cl.Cl.NCC(N)CCC(=O)N1CCN(C(=O)c2cc(O)c(O)c(O)c2)CC1. The van der Waals surface area contributed by atoms with E-state index in [1.807, 2.05) is 0 Å². The van der Waals surface area contributed by atoms with Crippen molar-refractivity contribution in [2.24, 2.45) is 11.5 Å². The van der Waals surface area contributed by atoms with Gasteiger partial charge in [-0.15, -0.1) is 24.8 Å². The largest absolute Gasteiger partial charge is 0.504 e. The minimum absolute atomic E-state index is 0. The molecule has 2 amide bonds. The number of rotatable bonds is 5. The molecule has 0 aliphatic carbocycles. The van der Waals surface area contributed by atoms with Crippen molar-refractivity contribution < 1.29 is 24.9 Å². The van der Waals surface area contributed by atoms with E-state index in [-0.39, 0.29) is 48.2 Å². The van der Waals surface area contributed by atoms with Crippen molar-refractivity contribution in [3.63, 3.8) is 0 Å². The molecule has 0 bridgehead atoms. The van der Waals surface area contributed by atoms with Crippen molar-refractivity contribution >= 4 is 36.6 Å². The number of hydrogen-bond donors (Lipinski definition) is 5. The van der Waals surface area contributed by atoms with E-state index in [9.17, 15) is 24.9 Å². The maximum Gasteiger partial charge on any atom is 0.254 e. The van der Waals surface area contributed by atoms with Gasteiger partial charge in [0.1, 0.15) is 0 Å². The fraction of sp³-hybridized carbons (Fsp3) is 0.500. The Morgan fingerprint density at radius 1 is 1.00 bits per heavy atom. The molecule has 0 radical (unpaired) electrons. The van der Waals surface area contributed by atoms with Gasteiger partial charge < -0.3 is 36.6 Å². The molecular weight excluding hydrogens is 399 g/mol. The molecule has 1 fully saturated rings. The third-order valence-electron chi connectivity index (χ3n) is 4.27. The summed E-state index contributed by atoms with van der Waals surface area (Å²) in [6.45, 7) is 1.82. The smallest absolute Gasteiger partial charge is 0.254 e. The number of hydrogen-bond acceptors (Lipinski definition) is 7. The van der Waals surface area contributed by atoms with Gasteiger partial charge in [-0.1, -0.05) is 0 Å². The molecule has 1 aromatic carbocycles. The van der Waals surface area contributed by atoms with Gasteiger partial charge in [-0.05, 0) is 18.6 Å². The van der Waals surface area contributed by atoms with E-state index in [4.69, 9.17) is 11.5 Å². The van der Waals surface area contributed by atoms with Gasteiger partial charge in [0.15, 0.2) is 17.2 Å². The zero-order valence-corrected chi connectivity index (χ0v) is 16.3. The van der Waals surface area contributed by atoms with Gasteiger partial charge in [0.2, 0.25) is 5.91 Å². The second-order valence-corrected chi connectivity index (χ2v) is 6.07. The van der Waals surface area contributed by atoms with E-state index in [0.717, 1.165) is 12.1 Å². The van der Waals surface area contributed by atoms with Gasteiger partial charge in [-0.3, -0.25) is 9.59 Å². The summed E-state index contributed by atoms with van der Waals surface area (Å²) in [5.74, 6) is -2.19. The monoisotopic (exact) mass is 424 g/mol. The van der Waals surface area contributed by atoms with E-state index in [1.165, 1.54) is 4.90 Å². The minimum Gasteiger partial charge on any atom is -0.504 e. The molecule has 1 atom stereocenters. The third kappa shape index (κ3) is 6.31. The van der Waals surface area contributed by atoms with Crippen LogP contribution in [0.1, 0.15) is 23.2 Å². The quantitative estimate of drug-likeness (QED) is 0.416. The predicted octanol–water partition coefficient (Wildman–Crippen LogP) is -0.00240. The summed E-state index contributed by atoms with van der Waals surface area (Å²) in [4.78, 5) is 27.8. The molecule has 11 heteroatoms. The summed E-state index contributed by atoms with van der Waals surface area (Å²) >= 11 is 0. The van der Waals surface area contributed by atoms with Crippen molar-refractivity contribution in [3.05, 3.63) is 17.7 Å². The summed E-state index contributed by atoms with van der Waals surface area (Å²) in [6.07, 6.45) is 0.854. The Morgan fingerprint density at radius 2 is 1.48 bits per heavy atom. The molecular formula is C16H26Cl2N4O5. The zero-order chi connectivity index (χ0) is 18.6. The fourth-order valence-electron chi connectivity index (χ4n) is 2.65. The highest BCUT2D eigenvalue weighted by molar-refractivity contribution is 5.95. The number of aromatic hydroxyl groups is 3. The number of amides is 2. The van der Waals surface area contributed by atoms with Crippen molar-refractivity contribution in [1.29, 1.82) is 0 Å². The third-order valence-corrected chi connectivity index (χ3v) is 4.27. The average Bonchev–Trinajstić information content (AvgIpc) is 2.62. The number of carbonyl (C=O) groups excluding carboxylic acids is 2. The Balaban J connectivity index is 0.00000338. The van der Waals surface area contributed by atoms with Crippen LogP contribution in [0.25, 0.3) is 0 Å². The van der Waals surface area contributed by atoms with Crippen LogP contribution in [0.5, 0.6) is 17.2 Å². The first-order valence-corrected chi connectivity index (χ1v) is 8.11. The Bertz CT molecular complexity index is 631. The van der Waals surface area contributed by atoms with Crippen LogP contribution in [-0.2, 0) is 4.79 Å². The first kappa shape index (κ1) is 25.1. The van der Waals surface area contributed by atoms with E-state index in [2.05, 4.69) is 0 Å². The first-order valence-electron chi connectivity index (χ1n) is 8.11. The van der Waals surface area contributed by atoms with Crippen LogP contribution in [0.4, 0.5) is 0 Å². The predicted molar refractivity (Wildman–Crippen MR) is 105 cm³/mol. The van der Waals surface area contributed by atoms with Gasteiger partial charge in [0.05, 0.1) is 0 Å². The standard InChI is InChI=1S/C16H24N4O5.2ClH/c17-9-11(18)1-2-14(23)19-3-5-20(6-4-19)16(25)10-7-12(21)15(24)13(22)8-10;;/h7-8,11,21-22,24H,1-6,9,17-18H2;2*1H. The normalized spacial score (nSPS) is 14.7. The maximum absolute atomic E-state index is 12.4. The lowest BCUT2D eigenvalue weighted by molar-refractivity contribution is -0.132. The lowest BCUT2D eigenvalue weighted by Crippen LogP contribution is -2.50. The molecule has 0 aromatic heterocycles. The highest BCUT2D eigenvalue weighted by Gasteiger charge is 2.26. The molecule has 1 saturated heterocycles. The molecule has 7 N–H and O–H groups in total. The van der Waals surface area contributed by atoms with Gasteiger partial charge in [0, 0.05) is 50.7 Å². The number of nitrogens with zero attached hydrogens (tertiary/aromatic N) is 2. The highest BCUT2D eigenvalue weighted by Crippen LogP contribution is 2.35. The number of phenols is 3. The number of benzene rings is 1. The maximum atomic E-state index is 12.4. The number of halogens is 2. The second kappa shape index (κ2) is 11.0. The number of phenolic OH excluding ortho intramolecular Hbond substituents is 3. The molecule has 0 saturated carbocycles. The summed E-state index contributed by atoms with van der Waals surface area (Å²) < 4.78 is 0. The average molecular weight is 425 g/mol. The molecule has 2 rings (SSSR count). The van der Waals surface area contributed by atoms with E-state index < -0.39 is 17.2 Å². The van der Waals surface area contributed by atoms with Crippen LogP contribution in [0, 0.1) is 0 Å². The molecule has 1 aromatic rings. The van der Waals surface area contributed by atoms with Crippen LogP contribution in [0.2, 0.25) is 0 Å². The van der Waals surface area contributed by atoms with Crippen LogP contribution in [0.15, 0.2) is 12.1 Å². The van der Waals surface area contributed by atoms with Crippen LogP contribution in [0.3, 0.4) is 0 Å². The molecule has 0 spiro atoms. The van der Waals surface area contributed by atoms with Gasteiger partial charge in [-0.25, -0.2) is 0 Å².